The van der Waals surface area contributed by atoms with E-state index in [1.54, 1.807) is 0 Å². The average molecular weight is 225 g/mol. The lowest BCUT2D eigenvalue weighted by atomic mass is 9.79. The SMILES string of the molecule is CC1CCC(O)C(CN(C)CC2CCC2)C1. The van der Waals surface area contributed by atoms with E-state index in [0.717, 1.165) is 24.8 Å². The molecule has 2 fully saturated rings. The van der Waals surface area contributed by atoms with Crippen molar-refractivity contribution >= 4 is 0 Å². The van der Waals surface area contributed by atoms with Crippen molar-refractivity contribution in [1.82, 2.24) is 4.90 Å². The molecular weight excluding hydrogens is 198 g/mol. The number of hydrogen-bond donors (Lipinski definition) is 1. The molecular formula is C14H27NO. The van der Waals surface area contributed by atoms with E-state index >= 15 is 0 Å². The summed E-state index contributed by atoms with van der Waals surface area (Å²) in [6.07, 6.45) is 7.69. The van der Waals surface area contributed by atoms with Crippen LogP contribution in [0, 0.1) is 17.8 Å². The molecule has 2 nitrogen and oxygen atoms in total. The molecule has 0 radical (unpaired) electrons. The summed E-state index contributed by atoms with van der Waals surface area (Å²) in [7, 11) is 2.23. The minimum absolute atomic E-state index is 0.0416. The molecule has 2 aliphatic carbocycles. The topological polar surface area (TPSA) is 23.5 Å². The van der Waals surface area contributed by atoms with Crippen LogP contribution in [0.25, 0.3) is 0 Å². The molecule has 0 aromatic heterocycles. The Bertz CT molecular complexity index is 215. The Morgan fingerprint density at radius 3 is 2.50 bits per heavy atom. The number of nitrogens with zero attached hydrogens (tertiary/aromatic N) is 1. The molecule has 2 heteroatoms. The van der Waals surface area contributed by atoms with Crippen LogP contribution in [0.1, 0.15) is 45.4 Å². The van der Waals surface area contributed by atoms with Crippen LogP contribution in [-0.4, -0.2) is 36.2 Å². The second-order valence-electron chi connectivity index (χ2n) is 6.26. The Morgan fingerprint density at radius 1 is 1.12 bits per heavy atom. The maximum absolute atomic E-state index is 10.0. The molecule has 94 valence electrons. The molecule has 0 aromatic rings. The van der Waals surface area contributed by atoms with Crippen LogP contribution in [0.2, 0.25) is 0 Å². The summed E-state index contributed by atoms with van der Waals surface area (Å²) in [5.41, 5.74) is 0. The largest absolute Gasteiger partial charge is 0.393 e. The second-order valence-corrected chi connectivity index (χ2v) is 6.26. The standard InChI is InChI=1S/C14H27NO/c1-11-6-7-14(16)13(8-11)10-15(2)9-12-4-3-5-12/h11-14,16H,3-10H2,1-2H3. The van der Waals surface area contributed by atoms with Crippen molar-refractivity contribution < 1.29 is 5.11 Å². The molecule has 2 rings (SSSR count). The van der Waals surface area contributed by atoms with Gasteiger partial charge in [0.2, 0.25) is 0 Å². The summed E-state index contributed by atoms with van der Waals surface area (Å²) in [4.78, 5) is 2.45. The van der Waals surface area contributed by atoms with E-state index in [-0.39, 0.29) is 6.10 Å². The van der Waals surface area contributed by atoms with Crippen molar-refractivity contribution in [1.29, 1.82) is 0 Å². The summed E-state index contributed by atoms with van der Waals surface area (Å²) in [5.74, 6) is 2.28. The molecule has 0 aromatic carbocycles. The average Bonchev–Trinajstić information content (AvgIpc) is 2.18. The highest BCUT2D eigenvalue weighted by atomic mass is 16.3. The van der Waals surface area contributed by atoms with Crippen LogP contribution in [0.5, 0.6) is 0 Å². The van der Waals surface area contributed by atoms with Gasteiger partial charge in [0.15, 0.2) is 0 Å². The van der Waals surface area contributed by atoms with Crippen molar-refractivity contribution in [2.24, 2.45) is 17.8 Å². The van der Waals surface area contributed by atoms with Gasteiger partial charge in [-0.2, -0.15) is 0 Å². The normalized spacial score (nSPS) is 36.4. The summed E-state index contributed by atoms with van der Waals surface area (Å²) >= 11 is 0. The fourth-order valence-corrected chi connectivity index (χ4v) is 3.27. The summed E-state index contributed by atoms with van der Waals surface area (Å²) in [5, 5.41) is 10.0. The van der Waals surface area contributed by atoms with Crippen LogP contribution in [0.4, 0.5) is 0 Å². The van der Waals surface area contributed by atoms with Crippen molar-refractivity contribution in [3.63, 3.8) is 0 Å². The Kier molecular flexibility index (Phi) is 4.26. The molecule has 0 bridgehead atoms. The third kappa shape index (κ3) is 3.21. The maximum atomic E-state index is 10.0. The lowest BCUT2D eigenvalue weighted by Crippen LogP contribution is -2.39. The summed E-state index contributed by atoms with van der Waals surface area (Å²) in [6.45, 7) is 4.67. The van der Waals surface area contributed by atoms with Gasteiger partial charge in [0.25, 0.3) is 0 Å². The van der Waals surface area contributed by atoms with E-state index in [2.05, 4.69) is 18.9 Å². The third-order valence-corrected chi connectivity index (χ3v) is 4.55. The molecule has 0 aliphatic heterocycles. The van der Waals surface area contributed by atoms with E-state index in [0.29, 0.717) is 5.92 Å². The predicted molar refractivity (Wildman–Crippen MR) is 67.3 cm³/mol. The van der Waals surface area contributed by atoms with Crippen LogP contribution in [-0.2, 0) is 0 Å². The Labute approximate surface area is 100 Å². The van der Waals surface area contributed by atoms with Crippen LogP contribution < -0.4 is 0 Å². The molecule has 3 atom stereocenters. The number of aliphatic hydroxyl groups is 1. The molecule has 2 aliphatic rings. The zero-order valence-electron chi connectivity index (χ0n) is 10.9. The van der Waals surface area contributed by atoms with Crippen molar-refractivity contribution in [3.8, 4) is 0 Å². The molecule has 0 spiro atoms. The summed E-state index contributed by atoms with van der Waals surface area (Å²) in [6, 6.07) is 0. The minimum atomic E-state index is -0.0416. The number of rotatable bonds is 4. The van der Waals surface area contributed by atoms with Gasteiger partial charge < -0.3 is 10.0 Å². The Hall–Kier alpha value is -0.0800. The van der Waals surface area contributed by atoms with Crippen LogP contribution in [0.15, 0.2) is 0 Å². The van der Waals surface area contributed by atoms with E-state index in [1.165, 1.54) is 38.6 Å². The van der Waals surface area contributed by atoms with Gasteiger partial charge in [0, 0.05) is 13.1 Å². The molecule has 3 unspecified atom stereocenters. The second kappa shape index (κ2) is 5.50. The van der Waals surface area contributed by atoms with Gasteiger partial charge in [0.05, 0.1) is 6.10 Å². The van der Waals surface area contributed by atoms with E-state index in [4.69, 9.17) is 0 Å². The first-order valence-corrected chi connectivity index (χ1v) is 7.01. The Morgan fingerprint density at radius 2 is 1.88 bits per heavy atom. The minimum Gasteiger partial charge on any atom is -0.393 e. The maximum Gasteiger partial charge on any atom is 0.0580 e. The Balaban J connectivity index is 1.73. The zero-order valence-corrected chi connectivity index (χ0v) is 10.9. The monoisotopic (exact) mass is 225 g/mol. The van der Waals surface area contributed by atoms with Gasteiger partial charge in [-0.05, 0) is 56.9 Å². The molecule has 0 saturated heterocycles. The van der Waals surface area contributed by atoms with Gasteiger partial charge in [-0.25, -0.2) is 0 Å². The first-order valence-electron chi connectivity index (χ1n) is 7.01. The molecule has 0 amide bonds. The van der Waals surface area contributed by atoms with E-state index in [9.17, 15) is 5.11 Å². The number of hydrogen-bond acceptors (Lipinski definition) is 2. The highest BCUT2D eigenvalue weighted by Crippen LogP contribution is 2.31. The van der Waals surface area contributed by atoms with Gasteiger partial charge in [-0.1, -0.05) is 13.3 Å². The molecule has 2 saturated carbocycles. The molecule has 0 heterocycles. The van der Waals surface area contributed by atoms with Crippen molar-refractivity contribution in [2.75, 3.05) is 20.1 Å². The van der Waals surface area contributed by atoms with Gasteiger partial charge >= 0.3 is 0 Å². The van der Waals surface area contributed by atoms with Gasteiger partial charge in [0.1, 0.15) is 0 Å². The van der Waals surface area contributed by atoms with E-state index < -0.39 is 0 Å². The summed E-state index contributed by atoms with van der Waals surface area (Å²) < 4.78 is 0. The third-order valence-electron chi connectivity index (χ3n) is 4.55. The van der Waals surface area contributed by atoms with Crippen molar-refractivity contribution in [2.45, 2.75) is 51.6 Å². The number of aliphatic hydroxyl groups excluding tert-OH is 1. The lowest BCUT2D eigenvalue weighted by molar-refractivity contribution is 0.0303. The highest BCUT2D eigenvalue weighted by molar-refractivity contribution is 4.81. The fraction of sp³-hybridized carbons (Fsp3) is 1.00. The van der Waals surface area contributed by atoms with E-state index in [1.807, 2.05) is 0 Å². The zero-order chi connectivity index (χ0) is 11.5. The van der Waals surface area contributed by atoms with Gasteiger partial charge in [-0.3, -0.25) is 0 Å². The van der Waals surface area contributed by atoms with Crippen molar-refractivity contribution in [3.05, 3.63) is 0 Å². The van der Waals surface area contributed by atoms with Crippen LogP contribution >= 0.6 is 0 Å². The lowest BCUT2D eigenvalue weighted by Gasteiger charge is -2.36. The van der Waals surface area contributed by atoms with Crippen LogP contribution in [0.3, 0.4) is 0 Å². The quantitative estimate of drug-likeness (QED) is 0.794. The van der Waals surface area contributed by atoms with Gasteiger partial charge in [-0.15, -0.1) is 0 Å². The first kappa shape index (κ1) is 12.4. The first-order chi connectivity index (χ1) is 7.65. The smallest absolute Gasteiger partial charge is 0.0580 e. The molecule has 1 N–H and O–H groups in total. The highest BCUT2D eigenvalue weighted by Gasteiger charge is 2.28. The fourth-order valence-electron chi connectivity index (χ4n) is 3.27. The molecule has 16 heavy (non-hydrogen) atoms. The predicted octanol–water partition coefficient (Wildman–Crippen LogP) is 2.52.